The van der Waals surface area contributed by atoms with Crippen molar-refractivity contribution >= 4 is 46.4 Å². The van der Waals surface area contributed by atoms with E-state index in [-0.39, 0.29) is 0 Å². The molecule has 0 heterocycles. The zero-order chi connectivity index (χ0) is 17.4. The summed E-state index contributed by atoms with van der Waals surface area (Å²) in [7, 11) is 0. The maximum Gasteiger partial charge on any atom is 0.131 e. The predicted molar refractivity (Wildman–Crippen MR) is 102 cm³/mol. The van der Waals surface area contributed by atoms with Crippen LogP contribution in [-0.4, -0.2) is 0 Å². The van der Waals surface area contributed by atoms with Crippen molar-refractivity contribution in [3.8, 4) is 22.3 Å². The number of aryl methyl sites for hydroxylation is 1. The van der Waals surface area contributed by atoms with Crippen molar-refractivity contribution in [1.29, 1.82) is 0 Å². The molecule has 24 heavy (non-hydrogen) atoms. The van der Waals surface area contributed by atoms with Crippen LogP contribution in [0.25, 0.3) is 22.3 Å². The standard InChI is InChI=1S/C19H11Cl4F/c1-10-5-8-16(24)13(9-10)17-14(20)7-6-12(19(17)23)11-3-2-4-15(21)18(11)22/h2-9H,1H3. The number of benzene rings is 3. The van der Waals surface area contributed by atoms with Crippen molar-refractivity contribution in [3.63, 3.8) is 0 Å². The molecule has 0 saturated carbocycles. The summed E-state index contributed by atoms with van der Waals surface area (Å²) in [5.74, 6) is -0.390. The monoisotopic (exact) mass is 398 g/mol. The molecule has 122 valence electrons. The molecule has 0 bridgehead atoms. The fraction of sp³-hybridized carbons (Fsp3) is 0.0526. The minimum absolute atomic E-state index is 0.330. The zero-order valence-corrected chi connectivity index (χ0v) is 15.5. The summed E-state index contributed by atoms with van der Waals surface area (Å²) in [6.07, 6.45) is 0. The Labute approximate surface area is 159 Å². The molecule has 0 saturated heterocycles. The Morgan fingerprint density at radius 2 is 1.42 bits per heavy atom. The lowest BCUT2D eigenvalue weighted by atomic mass is 9.97. The summed E-state index contributed by atoms with van der Waals surface area (Å²) in [4.78, 5) is 0. The highest BCUT2D eigenvalue weighted by molar-refractivity contribution is 6.45. The van der Waals surface area contributed by atoms with E-state index < -0.39 is 5.82 Å². The van der Waals surface area contributed by atoms with Crippen molar-refractivity contribution in [2.45, 2.75) is 6.92 Å². The first-order valence-electron chi connectivity index (χ1n) is 7.09. The van der Waals surface area contributed by atoms with Gasteiger partial charge in [-0.25, -0.2) is 4.39 Å². The largest absolute Gasteiger partial charge is 0.206 e. The maximum atomic E-state index is 14.3. The van der Waals surface area contributed by atoms with E-state index in [1.54, 1.807) is 42.5 Å². The Bertz CT molecular complexity index is 935. The van der Waals surface area contributed by atoms with E-state index in [4.69, 9.17) is 46.4 Å². The van der Waals surface area contributed by atoms with Gasteiger partial charge in [-0.15, -0.1) is 0 Å². The van der Waals surface area contributed by atoms with Gasteiger partial charge in [0.1, 0.15) is 5.82 Å². The summed E-state index contributed by atoms with van der Waals surface area (Å²) >= 11 is 25.3. The first-order valence-corrected chi connectivity index (χ1v) is 8.60. The second-order valence-electron chi connectivity index (χ2n) is 5.37. The highest BCUT2D eigenvalue weighted by Gasteiger charge is 2.19. The maximum absolute atomic E-state index is 14.3. The Morgan fingerprint density at radius 3 is 2.17 bits per heavy atom. The van der Waals surface area contributed by atoms with Crippen molar-refractivity contribution in [3.05, 3.63) is 80.0 Å². The van der Waals surface area contributed by atoms with Gasteiger partial charge in [0.15, 0.2) is 0 Å². The molecular formula is C19H11Cl4F. The Hall–Kier alpha value is -1.25. The lowest BCUT2D eigenvalue weighted by molar-refractivity contribution is 0.631. The molecule has 0 fully saturated rings. The Kier molecular flexibility index (Phi) is 5.08. The summed E-state index contributed by atoms with van der Waals surface area (Å²) < 4.78 is 14.3. The first-order chi connectivity index (χ1) is 11.4. The average molecular weight is 400 g/mol. The minimum Gasteiger partial charge on any atom is -0.206 e. The van der Waals surface area contributed by atoms with Crippen LogP contribution in [0.15, 0.2) is 48.5 Å². The summed E-state index contributed by atoms with van der Waals surface area (Å²) in [5.41, 5.74) is 3.01. The predicted octanol–water partition coefficient (Wildman–Crippen LogP) is 8.08. The van der Waals surface area contributed by atoms with E-state index >= 15 is 0 Å². The lowest BCUT2D eigenvalue weighted by Crippen LogP contribution is -1.91. The number of rotatable bonds is 2. The van der Waals surface area contributed by atoms with Crippen molar-refractivity contribution in [2.75, 3.05) is 0 Å². The smallest absolute Gasteiger partial charge is 0.131 e. The molecule has 3 rings (SSSR count). The van der Waals surface area contributed by atoms with Crippen LogP contribution in [0.2, 0.25) is 20.1 Å². The summed E-state index contributed by atoms with van der Waals surface area (Å²) in [6.45, 7) is 1.88. The van der Waals surface area contributed by atoms with E-state index in [1.165, 1.54) is 6.07 Å². The van der Waals surface area contributed by atoms with Gasteiger partial charge in [0.25, 0.3) is 0 Å². The van der Waals surface area contributed by atoms with Crippen LogP contribution in [0.1, 0.15) is 5.56 Å². The second kappa shape index (κ2) is 6.93. The summed E-state index contributed by atoms with van der Waals surface area (Å²) in [6, 6.07) is 13.5. The molecule has 0 aromatic heterocycles. The van der Waals surface area contributed by atoms with Crippen molar-refractivity contribution in [2.24, 2.45) is 0 Å². The zero-order valence-electron chi connectivity index (χ0n) is 12.5. The molecule has 0 aliphatic carbocycles. The van der Waals surface area contributed by atoms with Crippen LogP contribution < -0.4 is 0 Å². The molecule has 0 nitrogen and oxygen atoms in total. The highest BCUT2D eigenvalue weighted by atomic mass is 35.5. The fourth-order valence-corrected chi connectivity index (χ4v) is 3.63. The number of halogens is 5. The number of hydrogen-bond acceptors (Lipinski definition) is 0. The highest BCUT2D eigenvalue weighted by Crippen LogP contribution is 2.44. The van der Waals surface area contributed by atoms with Crippen molar-refractivity contribution < 1.29 is 4.39 Å². The van der Waals surface area contributed by atoms with E-state index in [9.17, 15) is 4.39 Å². The van der Waals surface area contributed by atoms with Crippen LogP contribution in [0.5, 0.6) is 0 Å². The SMILES string of the molecule is Cc1ccc(F)c(-c2c(Cl)ccc(-c3cccc(Cl)c3Cl)c2Cl)c1. The molecular weight excluding hydrogens is 389 g/mol. The van der Waals surface area contributed by atoms with Gasteiger partial charge in [-0.1, -0.05) is 76.2 Å². The molecule has 0 aliphatic heterocycles. The minimum atomic E-state index is -0.390. The van der Waals surface area contributed by atoms with Crippen LogP contribution in [0.3, 0.4) is 0 Å². The third-order valence-corrected chi connectivity index (χ3v) is 5.25. The second-order valence-corrected chi connectivity index (χ2v) is 6.94. The quantitative estimate of drug-likeness (QED) is 0.408. The fourth-order valence-electron chi connectivity index (χ4n) is 2.55. The molecule has 3 aromatic rings. The van der Waals surface area contributed by atoms with Gasteiger partial charge in [0, 0.05) is 22.3 Å². The van der Waals surface area contributed by atoms with Crippen LogP contribution >= 0.6 is 46.4 Å². The van der Waals surface area contributed by atoms with E-state index in [2.05, 4.69) is 0 Å². The van der Waals surface area contributed by atoms with Crippen LogP contribution in [-0.2, 0) is 0 Å². The Morgan fingerprint density at radius 1 is 0.708 bits per heavy atom. The third-order valence-electron chi connectivity index (χ3n) is 3.72. The molecule has 0 atom stereocenters. The molecule has 3 aromatic carbocycles. The van der Waals surface area contributed by atoms with Gasteiger partial charge >= 0.3 is 0 Å². The topological polar surface area (TPSA) is 0 Å². The van der Waals surface area contributed by atoms with Gasteiger partial charge in [-0.3, -0.25) is 0 Å². The summed E-state index contributed by atoms with van der Waals surface area (Å²) in [5, 5.41) is 1.50. The van der Waals surface area contributed by atoms with Crippen molar-refractivity contribution in [1.82, 2.24) is 0 Å². The lowest BCUT2D eigenvalue weighted by Gasteiger charge is -2.15. The molecule has 0 radical (unpaired) electrons. The molecule has 0 aliphatic rings. The molecule has 0 amide bonds. The van der Waals surface area contributed by atoms with E-state index in [0.717, 1.165) is 5.56 Å². The molecule has 0 unspecified atom stereocenters. The Balaban J connectivity index is 2.30. The van der Waals surface area contributed by atoms with E-state index in [1.807, 2.05) is 6.92 Å². The third kappa shape index (κ3) is 3.14. The van der Waals surface area contributed by atoms with Crippen LogP contribution in [0.4, 0.5) is 4.39 Å². The molecule has 5 heteroatoms. The van der Waals surface area contributed by atoms with Gasteiger partial charge in [-0.05, 0) is 31.2 Å². The molecule has 0 N–H and O–H groups in total. The van der Waals surface area contributed by atoms with E-state index in [0.29, 0.717) is 42.3 Å². The van der Waals surface area contributed by atoms with Gasteiger partial charge < -0.3 is 0 Å². The average Bonchev–Trinajstić information content (AvgIpc) is 2.54. The van der Waals surface area contributed by atoms with Gasteiger partial charge in [0.2, 0.25) is 0 Å². The number of hydrogen-bond donors (Lipinski definition) is 0. The van der Waals surface area contributed by atoms with Crippen LogP contribution in [0, 0.1) is 12.7 Å². The first kappa shape index (κ1) is 17.6. The van der Waals surface area contributed by atoms with Gasteiger partial charge in [0.05, 0.1) is 20.1 Å². The molecule has 0 spiro atoms. The normalized spacial score (nSPS) is 10.9. The van der Waals surface area contributed by atoms with Gasteiger partial charge in [-0.2, -0.15) is 0 Å².